The van der Waals surface area contributed by atoms with E-state index in [4.69, 9.17) is 32.7 Å². The highest BCUT2D eigenvalue weighted by atomic mass is 35.5. The molecule has 2 fully saturated rings. The molecular formula is C64H80Cl2N6O10S2. The van der Waals surface area contributed by atoms with Gasteiger partial charge >= 0.3 is 0 Å². The molecule has 4 amide bonds. The number of sulfonamides is 2. The number of anilines is 2. The molecule has 12 rings (SSSR count). The van der Waals surface area contributed by atoms with E-state index in [0.29, 0.717) is 85.4 Å². The van der Waals surface area contributed by atoms with Gasteiger partial charge in [0, 0.05) is 84.1 Å². The lowest BCUT2D eigenvalue weighted by molar-refractivity contribution is -0.121. The normalized spacial score (nSPS) is 29.1. The smallest absolute Gasteiger partial charge is 0.264 e. The first-order valence-electron chi connectivity index (χ1n) is 30.5. The molecule has 4 aliphatic carbocycles. The molecule has 0 aromatic heterocycles. The number of benzene rings is 4. The Kier molecular flexibility index (Phi) is 17.9. The van der Waals surface area contributed by atoms with Crippen molar-refractivity contribution in [3.8, 4) is 11.5 Å². The summed E-state index contributed by atoms with van der Waals surface area (Å²) < 4.78 is 68.6. The molecule has 8 aliphatic rings. The second-order valence-electron chi connectivity index (χ2n) is 25.4. The third kappa shape index (κ3) is 13.4. The molecule has 4 N–H and O–H groups in total. The molecule has 0 unspecified atom stereocenters. The molecule has 452 valence electrons. The average Bonchev–Trinajstić information content (AvgIpc) is 2.74. The van der Waals surface area contributed by atoms with Crippen molar-refractivity contribution in [2.24, 2.45) is 23.7 Å². The van der Waals surface area contributed by atoms with Crippen molar-refractivity contribution in [3.05, 3.63) is 116 Å². The van der Waals surface area contributed by atoms with Gasteiger partial charge in [0.2, 0.25) is 31.9 Å². The summed E-state index contributed by atoms with van der Waals surface area (Å²) in [6.07, 6.45) is 15.8. The van der Waals surface area contributed by atoms with Crippen molar-refractivity contribution in [1.29, 1.82) is 0 Å². The van der Waals surface area contributed by atoms with Crippen LogP contribution in [0.15, 0.2) is 72.8 Å². The molecule has 84 heavy (non-hydrogen) atoms. The van der Waals surface area contributed by atoms with Gasteiger partial charge in [-0.2, -0.15) is 0 Å². The number of rotatable bonds is 2. The molecule has 4 bridgehead atoms. The lowest BCUT2D eigenvalue weighted by Crippen LogP contribution is -2.52. The SMILES string of the molecule is CC(=O)N[C@@H]1CCCCCS(=O)(=O)NC(=O)c2ccc3c(c2)N(C[C@@H]2CC[C@H]21)C[C@@]1(CCCc2cc(Cl)ccc21)CO3.CC(=O)N[C@H]1CCCCCS(=O)(=O)NC(=O)c2ccc3c(c2)N(C[C@@H]2CC[C@H]21)C[C@@]1(CCCc2cc(Cl)ccc21)CO3. The number of nitrogens with one attached hydrogen (secondary N) is 4. The summed E-state index contributed by atoms with van der Waals surface area (Å²) in [6, 6.07) is 23.0. The zero-order valence-electron chi connectivity index (χ0n) is 48.3. The van der Waals surface area contributed by atoms with Crippen molar-refractivity contribution in [2.75, 3.05) is 60.7 Å². The van der Waals surface area contributed by atoms with Crippen LogP contribution < -0.4 is 39.4 Å². The maximum Gasteiger partial charge on any atom is 0.264 e. The van der Waals surface area contributed by atoms with Gasteiger partial charge in [-0.05, 0) is 196 Å². The summed E-state index contributed by atoms with van der Waals surface area (Å²) in [6.45, 7) is 7.13. The molecule has 16 nitrogen and oxygen atoms in total. The summed E-state index contributed by atoms with van der Waals surface area (Å²) >= 11 is 12.8. The minimum atomic E-state index is -3.77. The van der Waals surface area contributed by atoms with Crippen molar-refractivity contribution >= 4 is 78.3 Å². The molecule has 8 atom stereocenters. The summed E-state index contributed by atoms with van der Waals surface area (Å²) in [5, 5.41) is 7.91. The fourth-order valence-corrected chi connectivity index (χ4v) is 17.8. The predicted octanol–water partition coefficient (Wildman–Crippen LogP) is 9.96. The third-order valence-corrected chi connectivity index (χ3v) is 22.7. The van der Waals surface area contributed by atoms with E-state index < -0.39 is 31.9 Å². The van der Waals surface area contributed by atoms with Crippen LogP contribution in [0.4, 0.5) is 11.4 Å². The Hall–Kier alpha value is -5.56. The molecule has 2 saturated carbocycles. The minimum absolute atomic E-state index is 0.0278. The minimum Gasteiger partial charge on any atom is -0.490 e. The van der Waals surface area contributed by atoms with E-state index in [1.165, 1.54) is 22.3 Å². The number of halogens is 2. The molecule has 4 aliphatic heterocycles. The van der Waals surface area contributed by atoms with E-state index in [-0.39, 0.29) is 46.2 Å². The number of carbonyl (C=O) groups is 4. The Bertz CT molecular complexity index is 3180. The van der Waals surface area contributed by atoms with Gasteiger partial charge in [0.05, 0.1) is 36.1 Å². The van der Waals surface area contributed by atoms with Gasteiger partial charge in [-0.1, -0.05) is 61.0 Å². The standard InChI is InChI=1S/2C32H40ClN3O5S/c2*1-21(37)34-28-7-3-2-4-15-42(39,40)35-31(38)23-9-13-30-29(17-23)36(18-24-8-11-26(24)28)19-32(20-41-30)14-5-6-22-16-25(33)10-12-27(22)32/h2*9-10,12-13,16-17,24,26,28H,2-8,11,14-15,18-20H2,1H3,(H,34,37)(H,35,38)/t24-,26+,28+,32-;24-,26+,28-,32-/m00/s1. The van der Waals surface area contributed by atoms with Gasteiger partial charge in [0.15, 0.2) is 0 Å². The van der Waals surface area contributed by atoms with Crippen molar-refractivity contribution < 1.29 is 45.5 Å². The third-order valence-electron chi connectivity index (χ3n) is 19.6. The molecule has 20 heteroatoms. The van der Waals surface area contributed by atoms with Crippen molar-refractivity contribution in [2.45, 2.75) is 152 Å². The number of fused-ring (bicyclic) bond motifs is 8. The number of aryl methyl sites for hydroxylation is 2. The Morgan fingerprint density at radius 2 is 0.976 bits per heavy atom. The number of carbonyl (C=O) groups excluding carboxylic acids is 4. The lowest BCUT2D eigenvalue weighted by Gasteiger charge is -2.47. The fourth-order valence-electron chi connectivity index (χ4n) is 15.3. The monoisotopic (exact) mass is 1230 g/mol. The van der Waals surface area contributed by atoms with Crippen LogP contribution in [0.2, 0.25) is 10.0 Å². The van der Waals surface area contributed by atoms with Crippen molar-refractivity contribution in [3.63, 3.8) is 0 Å². The van der Waals surface area contributed by atoms with E-state index in [0.717, 1.165) is 137 Å². The fraction of sp³-hybridized carbons (Fsp3) is 0.562. The van der Waals surface area contributed by atoms with E-state index in [1.54, 1.807) is 50.2 Å². The quantitative estimate of drug-likeness (QED) is 0.148. The van der Waals surface area contributed by atoms with Gasteiger partial charge < -0.3 is 29.9 Å². The van der Waals surface area contributed by atoms with Gasteiger partial charge in [-0.3, -0.25) is 19.2 Å². The first-order chi connectivity index (χ1) is 40.2. The number of amides is 4. The Balaban J connectivity index is 0.000000175. The highest BCUT2D eigenvalue weighted by Gasteiger charge is 2.47. The van der Waals surface area contributed by atoms with Crippen LogP contribution in [0.25, 0.3) is 0 Å². The second-order valence-corrected chi connectivity index (χ2v) is 29.9. The topological polar surface area (TPSA) is 210 Å². The molecule has 0 saturated heterocycles. The number of nitrogens with zero attached hydrogens (tertiary/aromatic N) is 2. The molecular weight excluding hydrogens is 1150 g/mol. The highest BCUT2D eigenvalue weighted by molar-refractivity contribution is 7.90. The lowest BCUT2D eigenvalue weighted by atomic mass is 9.67. The summed E-state index contributed by atoms with van der Waals surface area (Å²) in [4.78, 5) is 55.4. The Morgan fingerprint density at radius 3 is 1.37 bits per heavy atom. The summed E-state index contributed by atoms with van der Waals surface area (Å²) in [5.74, 6) is 1.33. The van der Waals surface area contributed by atoms with Crippen LogP contribution in [-0.2, 0) is 53.3 Å². The summed E-state index contributed by atoms with van der Waals surface area (Å²) in [7, 11) is -7.55. The number of hydrogen-bond donors (Lipinski definition) is 4. The van der Waals surface area contributed by atoms with Gasteiger partial charge in [0.25, 0.3) is 11.8 Å². The molecule has 4 aromatic rings. The maximum atomic E-state index is 13.2. The summed E-state index contributed by atoms with van der Waals surface area (Å²) in [5.41, 5.74) is 6.77. The molecule has 4 heterocycles. The van der Waals surface area contributed by atoms with E-state index in [9.17, 15) is 36.0 Å². The van der Waals surface area contributed by atoms with Gasteiger partial charge in [-0.15, -0.1) is 0 Å². The molecule has 0 radical (unpaired) electrons. The van der Waals surface area contributed by atoms with E-state index in [1.807, 2.05) is 12.1 Å². The zero-order valence-corrected chi connectivity index (χ0v) is 51.5. The Morgan fingerprint density at radius 1 is 0.548 bits per heavy atom. The zero-order chi connectivity index (χ0) is 59.0. The predicted molar refractivity (Wildman–Crippen MR) is 328 cm³/mol. The first kappa shape index (κ1) is 60.1. The maximum absolute atomic E-state index is 13.2. The number of hydrogen-bond acceptors (Lipinski definition) is 12. The van der Waals surface area contributed by atoms with E-state index >= 15 is 0 Å². The average molecular weight is 1230 g/mol. The van der Waals surface area contributed by atoms with Crippen LogP contribution in [-0.4, -0.2) is 103 Å². The largest absolute Gasteiger partial charge is 0.490 e. The van der Waals surface area contributed by atoms with Crippen LogP contribution in [0.3, 0.4) is 0 Å². The second kappa shape index (κ2) is 25.0. The van der Waals surface area contributed by atoms with E-state index in [2.05, 4.69) is 54.1 Å². The van der Waals surface area contributed by atoms with Crippen molar-refractivity contribution in [1.82, 2.24) is 20.1 Å². The van der Waals surface area contributed by atoms with Crippen LogP contribution in [0.1, 0.15) is 160 Å². The van der Waals surface area contributed by atoms with Gasteiger partial charge in [0.1, 0.15) is 11.5 Å². The van der Waals surface area contributed by atoms with Gasteiger partial charge in [-0.25, -0.2) is 26.3 Å². The molecule has 4 aromatic carbocycles. The highest BCUT2D eigenvalue weighted by Crippen LogP contribution is 2.49. The van der Waals surface area contributed by atoms with Crippen LogP contribution in [0.5, 0.6) is 11.5 Å². The first-order valence-corrected chi connectivity index (χ1v) is 34.6. The molecule has 2 spiro atoms. The Labute approximate surface area is 505 Å². The van der Waals surface area contributed by atoms with Crippen LogP contribution >= 0.6 is 23.2 Å². The number of ether oxygens (including phenoxy) is 2. The van der Waals surface area contributed by atoms with Crippen LogP contribution in [0, 0.1) is 23.7 Å².